The van der Waals surface area contributed by atoms with Gasteiger partial charge in [0.15, 0.2) is 0 Å². The highest BCUT2D eigenvalue weighted by molar-refractivity contribution is 6.30. The largest absolute Gasteiger partial charge is 0.508 e. The van der Waals surface area contributed by atoms with E-state index in [9.17, 15) is 5.11 Å². The molecule has 1 N–H and O–H groups in total. The Morgan fingerprint density at radius 1 is 1.05 bits per heavy atom. The van der Waals surface area contributed by atoms with Crippen LogP contribution in [-0.4, -0.2) is 18.3 Å². The second kappa shape index (κ2) is 6.34. The summed E-state index contributed by atoms with van der Waals surface area (Å²) in [5.74, 6) is 1.60. The van der Waals surface area contributed by atoms with Gasteiger partial charge in [0.1, 0.15) is 30.5 Å². The summed E-state index contributed by atoms with van der Waals surface area (Å²) < 4.78 is 11.1. The summed E-state index contributed by atoms with van der Waals surface area (Å²) in [5, 5.41) is 9.98. The average molecular weight is 279 g/mol. The van der Waals surface area contributed by atoms with Crippen molar-refractivity contribution < 1.29 is 14.6 Å². The Morgan fingerprint density at radius 2 is 1.84 bits per heavy atom. The van der Waals surface area contributed by atoms with Crippen LogP contribution in [0.1, 0.15) is 5.56 Å². The summed E-state index contributed by atoms with van der Waals surface area (Å²) in [4.78, 5) is 0. The first kappa shape index (κ1) is 13.6. The van der Waals surface area contributed by atoms with Crippen molar-refractivity contribution in [2.24, 2.45) is 0 Å². The van der Waals surface area contributed by atoms with Crippen molar-refractivity contribution in [2.75, 3.05) is 13.2 Å². The normalized spacial score (nSPS) is 10.2. The standard InChI is InChI=1S/C15H15ClO3/c1-11-9-12(16)5-6-15(11)19-8-7-18-14-4-2-3-13(17)10-14/h2-6,9-10,17H,7-8H2,1H3. The van der Waals surface area contributed by atoms with Crippen LogP contribution in [0.4, 0.5) is 0 Å². The van der Waals surface area contributed by atoms with E-state index in [0.29, 0.717) is 24.0 Å². The Labute approximate surface area is 117 Å². The fourth-order valence-corrected chi connectivity index (χ4v) is 1.89. The first-order valence-corrected chi connectivity index (χ1v) is 6.34. The van der Waals surface area contributed by atoms with Crippen LogP contribution in [0.15, 0.2) is 42.5 Å². The molecule has 0 atom stereocenters. The zero-order chi connectivity index (χ0) is 13.7. The predicted molar refractivity (Wildman–Crippen MR) is 75.3 cm³/mol. The SMILES string of the molecule is Cc1cc(Cl)ccc1OCCOc1cccc(O)c1. The number of hydrogen-bond acceptors (Lipinski definition) is 3. The van der Waals surface area contributed by atoms with Gasteiger partial charge in [0.25, 0.3) is 0 Å². The van der Waals surface area contributed by atoms with Gasteiger partial charge in [0.2, 0.25) is 0 Å². The summed E-state index contributed by atoms with van der Waals surface area (Å²) in [6.45, 7) is 2.78. The molecule has 0 saturated carbocycles. The maximum Gasteiger partial charge on any atom is 0.123 e. The third-order valence-electron chi connectivity index (χ3n) is 2.56. The number of phenolic OH excluding ortho intramolecular Hbond substituents is 1. The summed E-state index contributed by atoms with van der Waals surface area (Å²) in [7, 11) is 0. The second-order valence-corrected chi connectivity index (χ2v) is 4.54. The highest BCUT2D eigenvalue weighted by atomic mass is 35.5. The van der Waals surface area contributed by atoms with E-state index in [2.05, 4.69) is 0 Å². The van der Waals surface area contributed by atoms with E-state index in [4.69, 9.17) is 21.1 Å². The Bertz CT molecular complexity index is 555. The van der Waals surface area contributed by atoms with E-state index >= 15 is 0 Å². The third kappa shape index (κ3) is 4.07. The van der Waals surface area contributed by atoms with Crippen LogP contribution in [0.25, 0.3) is 0 Å². The molecule has 0 unspecified atom stereocenters. The Hall–Kier alpha value is -1.87. The zero-order valence-corrected chi connectivity index (χ0v) is 11.4. The third-order valence-corrected chi connectivity index (χ3v) is 2.80. The molecule has 0 aromatic heterocycles. The van der Waals surface area contributed by atoms with E-state index in [0.717, 1.165) is 11.3 Å². The van der Waals surface area contributed by atoms with E-state index in [-0.39, 0.29) is 5.75 Å². The lowest BCUT2D eigenvalue weighted by atomic mass is 10.2. The highest BCUT2D eigenvalue weighted by Crippen LogP contribution is 2.22. The molecule has 2 rings (SSSR count). The summed E-state index contributed by atoms with van der Waals surface area (Å²) in [5.41, 5.74) is 0.991. The van der Waals surface area contributed by atoms with Crippen molar-refractivity contribution in [3.05, 3.63) is 53.1 Å². The number of ether oxygens (including phenoxy) is 2. The maximum absolute atomic E-state index is 9.29. The fourth-order valence-electron chi connectivity index (χ4n) is 1.66. The Kier molecular flexibility index (Phi) is 4.53. The number of halogens is 1. The maximum atomic E-state index is 9.29. The molecule has 0 fully saturated rings. The molecule has 0 heterocycles. The van der Waals surface area contributed by atoms with Crippen LogP contribution in [0, 0.1) is 6.92 Å². The van der Waals surface area contributed by atoms with Crippen molar-refractivity contribution in [3.63, 3.8) is 0 Å². The summed E-state index contributed by atoms with van der Waals surface area (Å²) in [6.07, 6.45) is 0. The Morgan fingerprint density at radius 3 is 2.58 bits per heavy atom. The van der Waals surface area contributed by atoms with Crippen molar-refractivity contribution in [1.82, 2.24) is 0 Å². The van der Waals surface area contributed by atoms with E-state index in [1.807, 2.05) is 19.1 Å². The average Bonchev–Trinajstić information content (AvgIpc) is 2.37. The second-order valence-electron chi connectivity index (χ2n) is 4.10. The number of benzene rings is 2. The lowest BCUT2D eigenvalue weighted by Crippen LogP contribution is -2.09. The first-order valence-electron chi connectivity index (χ1n) is 5.96. The van der Waals surface area contributed by atoms with E-state index in [1.165, 1.54) is 0 Å². The van der Waals surface area contributed by atoms with Crippen LogP contribution >= 0.6 is 11.6 Å². The number of aryl methyl sites for hydroxylation is 1. The molecule has 19 heavy (non-hydrogen) atoms. The molecule has 100 valence electrons. The minimum absolute atomic E-state index is 0.187. The van der Waals surface area contributed by atoms with Gasteiger partial charge in [-0.1, -0.05) is 17.7 Å². The monoisotopic (exact) mass is 278 g/mol. The van der Waals surface area contributed by atoms with Crippen molar-refractivity contribution in [1.29, 1.82) is 0 Å². The lowest BCUT2D eigenvalue weighted by Gasteiger charge is -2.10. The molecule has 2 aromatic rings. The molecule has 0 spiro atoms. The topological polar surface area (TPSA) is 38.7 Å². The van der Waals surface area contributed by atoms with Crippen LogP contribution in [0.3, 0.4) is 0 Å². The molecule has 0 amide bonds. The van der Waals surface area contributed by atoms with Gasteiger partial charge in [-0.05, 0) is 42.8 Å². The number of rotatable bonds is 5. The van der Waals surface area contributed by atoms with Crippen LogP contribution in [-0.2, 0) is 0 Å². The number of aromatic hydroxyl groups is 1. The smallest absolute Gasteiger partial charge is 0.123 e. The molecule has 2 aromatic carbocycles. The zero-order valence-electron chi connectivity index (χ0n) is 10.6. The van der Waals surface area contributed by atoms with Gasteiger partial charge in [-0.25, -0.2) is 0 Å². The van der Waals surface area contributed by atoms with Crippen LogP contribution in [0.2, 0.25) is 5.02 Å². The van der Waals surface area contributed by atoms with Gasteiger partial charge in [-0.3, -0.25) is 0 Å². The van der Waals surface area contributed by atoms with Crippen molar-refractivity contribution in [2.45, 2.75) is 6.92 Å². The van der Waals surface area contributed by atoms with Gasteiger partial charge in [0.05, 0.1) is 0 Å². The number of hydrogen-bond donors (Lipinski definition) is 1. The van der Waals surface area contributed by atoms with E-state index < -0.39 is 0 Å². The predicted octanol–water partition coefficient (Wildman–Crippen LogP) is 3.81. The molecule has 0 bridgehead atoms. The Balaban J connectivity index is 1.81. The molecule has 0 aliphatic carbocycles. The fraction of sp³-hybridized carbons (Fsp3) is 0.200. The van der Waals surface area contributed by atoms with Crippen molar-refractivity contribution in [3.8, 4) is 17.2 Å². The molecule has 4 heteroatoms. The van der Waals surface area contributed by atoms with Crippen LogP contribution < -0.4 is 9.47 Å². The van der Waals surface area contributed by atoms with Gasteiger partial charge in [0, 0.05) is 11.1 Å². The highest BCUT2D eigenvalue weighted by Gasteiger charge is 2.01. The number of phenols is 1. The minimum atomic E-state index is 0.187. The van der Waals surface area contributed by atoms with Gasteiger partial charge in [-0.15, -0.1) is 0 Å². The molecular weight excluding hydrogens is 264 g/mol. The van der Waals surface area contributed by atoms with Gasteiger partial charge in [-0.2, -0.15) is 0 Å². The van der Waals surface area contributed by atoms with Crippen LogP contribution in [0.5, 0.6) is 17.2 Å². The molecule has 0 radical (unpaired) electrons. The van der Waals surface area contributed by atoms with Crippen molar-refractivity contribution >= 4 is 11.6 Å². The summed E-state index contributed by atoms with van der Waals surface area (Å²) >= 11 is 5.87. The first-order chi connectivity index (χ1) is 9.15. The lowest BCUT2D eigenvalue weighted by molar-refractivity contribution is 0.216. The van der Waals surface area contributed by atoms with Gasteiger partial charge >= 0.3 is 0 Å². The van der Waals surface area contributed by atoms with Gasteiger partial charge < -0.3 is 14.6 Å². The van der Waals surface area contributed by atoms with E-state index in [1.54, 1.807) is 30.3 Å². The quantitative estimate of drug-likeness (QED) is 0.845. The molecular formula is C15H15ClO3. The summed E-state index contributed by atoms with van der Waals surface area (Å²) in [6, 6.07) is 12.2. The molecule has 0 aliphatic rings. The molecule has 0 saturated heterocycles. The molecule has 3 nitrogen and oxygen atoms in total. The molecule has 0 aliphatic heterocycles. The minimum Gasteiger partial charge on any atom is -0.508 e.